The third-order valence-electron chi connectivity index (χ3n) is 1.91. The van der Waals surface area contributed by atoms with Gasteiger partial charge < -0.3 is 4.74 Å². The molecule has 0 unspecified atom stereocenters. The number of methoxy groups -OCH3 is 1. The summed E-state index contributed by atoms with van der Waals surface area (Å²) >= 11 is 5.05. The van der Waals surface area contributed by atoms with Crippen LogP contribution in [0.5, 0.6) is 0 Å². The van der Waals surface area contributed by atoms with Crippen molar-refractivity contribution in [1.82, 2.24) is 0 Å². The highest BCUT2D eigenvalue weighted by Crippen LogP contribution is 2.30. The van der Waals surface area contributed by atoms with Crippen molar-refractivity contribution in [2.24, 2.45) is 0 Å². The second kappa shape index (κ2) is 3.71. The van der Waals surface area contributed by atoms with Gasteiger partial charge in [0.2, 0.25) is 0 Å². The van der Waals surface area contributed by atoms with Crippen LogP contribution >= 0.6 is 27.3 Å². The predicted octanol–water partition coefficient (Wildman–Crippen LogP) is 3.45. The summed E-state index contributed by atoms with van der Waals surface area (Å²) in [4.78, 5) is 11.2. The van der Waals surface area contributed by atoms with E-state index < -0.39 is 0 Å². The maximum absolute atomic E-state index is 11.2. The molecule has 2 rings (SSSR count). The maximum Gasteiger partial charge on any atom is 0.337 e. The fourth-order valence-corrected chi connectivity index (χ4v) is 2.79. The van der Waals surface area contributed by atoms with E-state index >= 15 is 0 Å². The van der Waals surface area contributed by atoms with Crippen molar-refractivity contribution in [2.45, 2.75) is 0 Å². The zero-order valence-electron chi connectivity index (χ0n) is 7.41. The lowest BCUT2D eigenvalue weighted by molar-refractivity contribution is 0.0601. The number of hydrogen-bond acceptors (Lipinski definition) is 3. The highest BCUT2D eigenvalue weighted by atomic mass is 79.9. The van der Waals surface area contributed by atoms with Gasteiger partial charge in [-0.1, -0.05) is 0 Å². The summed E-state index contributed by atoms with van der Waals surface area (Å²) in [5, 5.41) is 1.06. The molecule has 1 heterocycles. The highest BCUT2D eigenvalue weighted by Gasteiger charge is 2.07. The SMILES string of the molecule is COC(=O)c1ccc2sc(Br)cc2c1. The molecule has 0 amide bonds. The molecule has 0 aliphatic carbocycles. The van der Waals surface area contributed by atoms with E-state index in [2.05, 4.69) is 20.7 Å². The quantitative estimate of drug-likeness (QED) is 0.742. The van der Waals surface area contributed by atoms with Crippen molar-refractivity contribution in [3.63, 3.8) is 0 Å². The van der Waals surface area contributed by atoms with E-state index in [1.807, 2.05) is 18.2 Å². The Bertz CT molecular complexity index is 490. The first-order valence-electron chi connectivity index (χ1n) is 3.98. The summed E-state index contributed by atoms with van der Waals surface area (Å²) in [6.07, 6.45) is 0. The second-order valence-electron chi connectivity index (χ2n) is 2.79. The van der Waals surface area contributed by atoms with Gasteiger partial charge in [-0.3, -0.25) is 0 Å². The Morgan fingerprint density at radius 3 is 2.93 bits per heavy atom. The minimum absolute atomic E-state index is 0.297. The van der Waals surface area contributed by atoms with Crippen LogP contribution in [-0.2, 0) is 4.74 Å². The minimum Gasteiger partial charge on any atom is -0.465 e. The standard InChI is InChI=1S/C10H7BrO2S/c1-13-10(12)6-2-3-8-7(4-6)5-9(11)14-8/h2-5H,1H3. The number of hydrogen-bond donors (Lipinski definition) is 0. The molecule has 0 atom stereocenters. The van der Waals surface area contributed by atoms with E-state index in [0.717, 1.165) is 13.9 Å². The molecule has 0 aliphatic rings. The molecule has 1 aromatic carbocycles. The van der Waals surface area contributed by atoms with Crippen LogP contribution in [0.2, 0.25) is 0 Å². The number of thiophene rings is 1. The van der Waals surface area contributed by atoms with E-state index in [-0.39, 0.29) is 5.97 Å². The summed E-state index contributed by atoms with van der Waals surface area (Å²) < 4.78 is 6.87. The molecule has 14 heavy (non-hydrogen) atoms. The number of carbonyl (C=O) groups excluding carboxylic acids is 1. The lowest BCUT2D eigenvalue weighted by Gasteiger charge is -1.97. The van der Waals surface area contributed by atoms with Gasteiger partial charge in [-0.05, 0) is 45.6 Å². The largest absolute Gasteiger partial charge is 0.465 e. The van der Waals surface area contributed by atoms with Crippen LogP contribution < -0.4 is 0 Å². The van der Waals surface area contributed by atoms with Gasteiger partial charge in [0, 0.05) is 4.70 Å². The van der Waals surface area contributed by atoms with Gasteiger partial charge in [0.25, 0.3) is 0 Å². The number of ether oxygens (including phenoxy) is 1. The monoisotopic (exact) mass is 270 g/mol. The summed E-state index contributed by atoms with van der Waals surface area (Å²) in [6.45, 7) is 0. The number of carbonyl (C=O) groups is 1. The number of rotatable bonds is 1. The van der Waals surface area contributed by atoms with Crippen LogP contribution in [0.25, 0.3) is 10.1 Å². The molecular formula is C10H7BrO2S. The Kier molecular flexibility index (Phi) is 2.56. The number of esters is 1. The van der Waals surface area contributed by atoms with Crippen LogP contribution in [0.3, 0.4) is 0 Å². The van der Waals surface area contributed by atoms with Crippen LogP contribution in [0.15, 0.2) is 28.1 Å². The fourth-order valence-electron chi connectivity index (χ4n) is 1.26. The zero-order chi connectivity index (χ0) is 10.1. The van der Waals surface area contributed by atoms with Crippen molar-refractivity contribution >= 4 is 43.3 Å². The molecule has 4 heteroatoms. The first kappa shape index (κ1) is 9.68. The van der Waals surface area contributed by atoms with Crippen LogP contribution in [0.1, 0.15) is 10.4 Å². The van der Waals surface area contributed by atoms with E-state index in [1.165, 1.54) is 7.11 Å². The van der Waals surface area contributed by atoms with E-state index in [4.69, 9.17) is 0 Å². The normalized spacial score (nSPS) is 10.4. The molecule has 0 saturated heterocycles. The molecule has 0 aliphatic heterocycles. The summed E-state index contributed by atoms with van der Waals surface area (Å²) in [6, 6.07) is 7.53. The topological polar surface area (TPSA) is 26.3 Å². The first-order chi connectivity index (χ1) is 6.70. The van der Waals surface area contributed by atoms with Gasteiger partial charge in [0.05, 0.1) is 16.5 Å². The average Bonchev–Trinajstić information content (AvgIpc) is 2.55. The highest BCUT2D eigenvalue weighted by molar-refractivity contribution is 9.11. The molecule has 72 valence electrons. The number of benzene rings is 1. The van der Waals surface area contributed by atoms with Gasteiger partial charge in [0.1, 0.15) is 0 Å². The second-order valence-corrected chi connectivity index (χ2v) is 5.26. The number of fused-ring (bicyclic) bond motifs is 1. The maximum atomic E-state index is 11.2. The zero-order valence-corrected chi connectivity index (χ0v) is 9.81. The van der Waals surface area contributed by atoms with Gasteiger partial charge >= 0.3 is 5.97 Å². The Morgan fingerprint density at radius 2 is 2.21 bits per heavy atom. The van der Waals surface area contributed by atoms with E-state index in [1.54, 1.807) is 17.4 Å². The van der Waals surface area contributed by atoms with Crippen LogP contribution in [0.4, 0.5) is 0 Å². The molecule has 0 radical (unpaired) electrons. The van der Waals surface area contributed by atoms with Crippen LogP contribution in [-0.4, -0.2) is 13.1 Å². The van der Waals surface area contributed by atoms with Crippen molar-refractivity contribution < 1.29 is 9.53 Å². The molecule has 2 nitrogen and oxygen atoms in total. The van der Waals surface area contributed by atoms with E-state index in [9.17, 15) is 4.79 Å². The molecule has 0 bridgehead atoms. The van der Waals surface area contributed by atoms with Crippen molar-refractivity contribution in [2.75, 3.05) is 7.11 Å². The summed E-state index contributed by atoms with van der Waals surface area (Å²) in [5.41, 5.74) is 0.588. The Labute approximate surface area is 93.6 Å². The summed E-state index contributed by atoms with van der Waals surface area (Å²) in [5.74, 6) is -0.297. The van der Waals surface area contributed by atoms with Crippen molar-refractivity contribution in [3.05, 3.63) is 33.6 Å². The molecule has 2 aromatic rings. The first-order valence-corrected chi connectivity index (χ1v) is 5.59. The number of halogens is 1. The van der Waals surface area contributed by atoms with Crippen molar-refractivity contribution in [3.8, 4) is 0 Å². The Morgan fingerprint density at radius 1 is 1.43 bits per heavy atom. The average molecular weight is 271 g/mol. The Hall–Kier alpha value is -0.870. The molecule has 0 fully saturated rings. The molecular weight excluding hydrogens is 264 g/mol. The van der Waals surface area contributed by atoms with Gasteiger partial charge in [-0.15, -0.1) is 11.3 Å². The van der Waals surface area contributed by atoms with Gasteiger partial charge in [-0.25, -0.2) is 4.79 Å². The van der Waals surface area contributed by atoms with E-state index in [0.29, 0.717) is 5.56 Å². The smallest absolute Gasteiger partial charge is 0.337 e. The van der Waals surface area contributed by atoms with Gasteiger partial charge in [-0.2, -0.15) is 0 Å². The third kappa shape index (κ3) is 1.67. The van der Waals surface area contributed by atoms with Gasteiger partial charge in [0.15, 0.2) is 0 Å². The molecule has 1 aromatic heterocycles. The molecule has 0 spiro atoms. The minimum atomic E-state index is -0.297. The van der Waals surface area contributed by atoms with Crippen molar-refractivity contribution in [1.29, 1.82) is 0 Å². The summed E-state index contributed by atoms with van der Waals surface area (Å²) in [7, 11) is 1.38. The lowest BCUT2D eigenvalue weighted by Crippen LogP contribution is -1.99. The fraction of sp³-hybridized carbons (Fsp3) is 0.100. The Balaban J connectivity index is 2.55. The van der Waals surface area contributed by atoms with Crippen LogP contribution in [0, 0.1) is 0 Å². The lowest BCUT2D eigenvalue weighted by atomic mass is 10.2. The molecule has 0 N–H and O–H groups in total. The molecule has 0 saturated carbocycles. The predicted molar refractivity (Wildman–Crippen MR) is 60.9 cm³/mol. The third-order valence-corrected chi connectivity index (χ3v) is 3.53.